The molecule has 0 unspecified atom stereocenters. The second-order valence-corrected chi connectivity index (χ2v) is 4.81. The fraction of sp³-hybridized carbons (Fsp3) is 0.625. The molecule has 0 bridgehead atoms. The second-order valence-electron chi connectivity index (χ2n) is 4.81. The smallest absolute Gasteiger partial charge is 0.0379 e. The lowest BCUT2D eigenvalue weighted by Gasteiger charge is -2.22. The van der Waals surface area contributed by atoms with Crippen molar-refractivity contribution in [1.29, 1.82) is 0 Å². The molecule has 0 aliphatic carbocycles. The predicted octanol–water partition coefficient (Wildman–Crippen LogP) is 4.92. The van der Waals surface area contributed by atoms with Gasteiger partial charge in [-0.1, -0.05) is 51.0 Å². The van der Waals surface area contributed by atoms with E-state index in [1.807, 2.05) is 6.08 Å². The first kappa shape index (κ1) is 16.0. The van der Waals surface area contributed by atoms with E-state index in [2.05, 4.69) is 38.6 Å². The number of allylic oxidation sites excluding steroid dienone is 2. The summed E-state index contributed by atoms with van der Waals surface area (Å²) in [7, 11) is 2.10. The van der Waals surface area contributed by atoms with Crippen LogP contribution in [0.1, 0.15) is 51.9 Å². The summed E-state index contributed by atoms with van der Waals surface area (Å²) in [6.07, 6.45) is 10.4. The summed E-state index contributed by atoms with van der Waals surface area (Å²) in [5, 5.41) is 0. The zero-order valence-electron chi connectivity index (χ0n) is 11.8. The lowest BCUT2D eigenvalue weighted by atomic mass is 10.1. The van der Waals surface area contributed by atoms with Crippen LogP contribution >= 0.6 is 0 Å². The molecular formula is C16H29N. The number of unbranched alkanes of at least 4 members (excludes halogenated alkanes) is 3. The third-order valence-electron chi connectivity index (χ3n) is 3.02. The maximum absolute atomic E-state index is 4.15. The first-order valence-corrected chi connectivity index (χ1v) is 6.78. The van der Waals surface area contributed by atoms with E-state index in [-0.39, 0.29) is 0 Å². The van der Waals surface area contributed by atoms with Crippen molar-refractivity contribution in [2.45, 2.75) is 51.9 Å². The van der Waals surface area contributed by atoms with Gasteiger partial charge >= 0.3 is 0 Å². The molecule has 1 heteroatoms. The molecule has 0 saturated carbocycles. The van der Waals surface area contributed by atoms with Gasteiger partial charge in [0.1, 0.15) is 0 Å². The fourth-order valence-electron chi connectivity index (χ4n) is 1.79. The Morgan fingerprint density at radius 2 is 1.82 bits per heavy atom. The summed E-state index contributed by atoms with van der Waals surface area (Å²) in [5.41, 5.74) is 2.50. The highest BCUT2D eigenvalue weighted by Crippen LogP contribution is 2.13. The second kappa shape index (κ2) is 10.2. The topological polar surface area (TPSA) is 3.24 Å². The minimum Gasteiger partial charge on any atom is -0.374 e. The zero-order valence-corrected chi connectivity index (χ0v) is 11.8. The Balaban J connectivity index is 3.71. The van der Waals surface area contributed by atoms with Crippen molar-refractivity contribution in [3.8, 4) is 0 Å². The molecule has 0 saturated heterocycles. The maximum atomic E-state index is 4.15. The summed E-state index contributed by atoms with van der Waals surface area (Å²) in [5.74, 6) is 0. The van der Waals surface area contributed by atoms with Crippen LogP contribution in [-0.4, -0.2) is 18.5 Å². The van der Waals surface area contributed by atoms with Crippen LogP contribution in [-0.2, 0) is 0 Å². The van der Waals surface area contributed by atoms with Gasteiger partial charge in [-0.25, -0.2) is 0 Å². The first-order chi connectivity index (χ1) is 8.11. The Kier molecular flexibility index (Phi) is 9.60. The molecule has 17 heavy (non-hydrogen) atoms. The van der Waals surface area contributed by atoms with Crippen LogP contribution in [0.5, 0.6) is 0 Å². The minimum atomic E-state index is 0.947. The molecule has 1 nitrogen and oxygen atoms in total. The zero-order chi connectivity index (χ0) is 13.1. The average molecular weight is 235 g/mol. The Labute approximate surface area is 108 Å². The van der Waals surface area contributed by atoms with Gasteiger partial charge in [0.15, 0.2) is 0 Å². The molecule has 0 spiro atoms. The molecule has 0 rings (SSSR count). The van der Waals surface area contributed by atoms with Crippen molar-refractivity contribution < 1.29 is 0 Å². The van der Waals surface area contributed by atoms with Gasteiger partial charge in [0.25, 0.3) is 0 Å². The number of hydrogen-bond donors (Lipinski definition) is 0. The van der Waals surface area contributed by atoms with Crippen molar-refractivity contribution in [2.24, 2.45) is 0 Å². The third kappa shape index (κ3) is 8.79. The SMILES string of the molecule is C=CCCC(=C)N(C)CC(=C)CCCCCC. The van der Waals surface area contributed by atoms with Crippen LogP contribution in [0.15, 0.2) is 37.1 Å². The van der Waals surface area contributed by atoms with Crippen LogP contribution in [0.25, 0.3) is 0 Å². The molecule has 0 heterocycles. The van der Waals surface area contributed by atoms with Crippen molar-refractivity contribution >= 4 is 0 Å². The van der Waals surface area contributed by atoms with Crippen LogP contribution < -0.4 is 0 Å². The predicted molar refractivity (Wildman–Crippen MR) is 79.1 cm³/mol. The van der Waals surface area contributed by atoms with Crippen molar-refractivity contribution in [3.05, 3.63) is 37.1 Å². The monoisotopic (exact) mass is 235 g/mol. The molecule has 0 aromatic rings. The van der Waals surface area contributed by atoms with Crippen molar-refractivity contribution in [3.63, 3.8) is 0 Å². The van der Waals surface area contributed by atoms with E-state index in [0.717, 1.165) is 25.8 Å². The van der Waals surface area contributed by atoms with Crippen molar-refractivity contribution in [2.75, 3.05) is 13.6 Å². The largest absolute Gasteiger partial charge is 0.374 e. The van der Waals surface area contributed by atoms with Crippen molar-refractivity contribution in [1.82, 2.24) is 4.90 Å². The van der Waals surface area contributed by atoms with Gasteiger partial charge in [0.05, 0.1) is 0 Å². The molecule has 0 aliphatic heterocycles. The molecule has 0 aromatic carbocycles. The van der Waals surface area contributed by atoms with Gasteiger partial charge < -0.3 is 4.90 Å². The normalized spacial score (nSPS) is 10.0. The maximum Gasteiger partial charge on any atom is 0.0379 e. The Morgan fingerprint density at radius 3 is 2.41 bits per heavy atom. The van der Waals surface area contributed by atoms with Crippen LogP contribution in [0.2, 0.25) is 0 Å². The number of rotatable bonds is 11. The molecular weight excluding hydrogens is 206 g/mol. The Hall–Kier alpha value is -0.980. The van der Waals surface area contributed by atoms with Gasteiger partial charge in [-0.15, -0.1) is 6.58 Å². The molecule has 0 amide bonds. The summed E-state index contributed by atoms with van der Waals surface area (Å²) >= 11 is 0. The molecule has 0 N–H and O–H groups in total. The summed E-state index contributed by atoms with van der Waals surface area (Å²) < 4.78 is 0. The average Bonchev–Trinajstić information content (AvgIpc) is 2.31. The van der Waals surface area contributed by atoms with Crippen LogP contribution in [0.4, 0.5) is 0 Å². The highest BCUT2D eigenvalue weighted by Gasteiger charge is 2.03. The number of likely N-dealkylation sites (N-methyl/N-ethyl adjacent to an activating group) is 1. The lowest BCUT2D eigenvalue weighted by Crippen LogP contribution is -2.19. The van der Waals surface area contributed by atoms with E-state index < -0.39 is 0 Å². The standard InChI is InChI=1S/C16H29N/c1-6-8-10-11-12-15(3)14-17(5)16(4)13-9-7-2/h7H,2-4,6,8-14H2,1,5H3. The van der Waals surface area contributed by atoms with Gasteiger partial charge in [0, 0.05) is 19.3 Å². The highest BCUT2D eigenvalue weighted by atomic mass is 15.1. The molecule has 0 atom stereocenters. The molecule has 0 aromatic heterocycles. The number of nitrogens with zero attached hydrogens (tertiary/aromatic N) is 1. The first-order valence-electron chi connectivity index (χ1n) is 6.78. The van der Waals surface area contributed by atoms with E-state index in [0.29, 0.717) is 0 Å². The lowest BCUT2D eigenvalue weighted by molar-refractivity contribution is 0.430. The fourth-order valence-corrected chi connectivity index (χ4v) is 1.79. The molecule has 0 aliphatic rings. The van der Waals surface area contributed by atoms with Crippen LogP contribution in [0.3, 0.4) is 0 Å². The van der Waals surface area contributed by atoms with E-state index >= 15 is 0 Å². The van der Waals surface area contributed by atoms with Gasteiger partial charge in [-0.05, 0) is 25.7 Å². The van der Waals surface area contributed by atoms with Gasteiger partial charge in [-0.3, -0.25) is 0 Å². The van der Waals surface area contributed by atoms with E-state index in [9.17, 15) is 0 Å². The summed E-state index contributed by atoms with van der Waals surface area (Å²) in [6.45, 7) is 15.2. The van der Waals surface area contributed by atoms with Gasteiger partial charge in [0.2, 0.25) is 0 Å². The van der Waals surface area contributed by atoms with E-state index in [4.69, 9.17) is 0 Å². The highest BCUT2D eigenvalue weighted by molar-refractivity contribution is 5.03. The van der Waals surface area contributed by atoms with Crippen LogP contribution in [0, 0.1) is 0 Å². The Bertz CT molecular complexity index is 240. The number of hydrogen-bond acceptors (Lipinski definition) is 1. The van der Waals surface area contributed by atoms with Gasteiger partial charge in [-0.2, -0.15) is 0 Å². The Morgan fingerprint density at radius 1 is 1.12 bits per heavy atom. The quantitative estimate of drug-likeness (QED) is 0.363. The summed E-state index contributed by atoms with van der Waals surface area (Å²) in [6, 6.07) is 0. The molecule has 0 radical (unpaired) electrons. The minimum absolute atomic E-state index is 0.947. The molecule has 0 fully saturated rings. The summed E-state index contributed by atoms with van der Waals surface area (Å²) in [4.78, 5) is 2.21. The third-order valence-corrected chi connectivity index (χ3v) is 3.02. The van der Waals surface area contributed by atoms with E-state index in [1.54, 1.807) is 0 Å². The molecule has 98 valence electrons. The van der Waals surface area contributed by atoms with E-state index in [1.165, 1.54) is 37.0 Å².